The van der Waals surface area contributed by atoms with Crippen molar-refractivity contribution in [2.24, 2.45) is 0 Å². The van der Waals surface area contributed by atoms with Gasteiger partial charge in [-0.25, -0.2) is 0 Å². The summed E-state index contributed by atoms with van der Waals surface area (Å²) in [7, 11) is 0. The molecule has 0 saturated heterocycles. The first-order chi connectivity index (χ1) is 34.2. The SMILES string of the molecule is C1=CC(N(c2ccc(-c3cccc4c3oc3ccccc34)cc2)c2ccc3c4c(cccc24)-c2cc(N(c4ccccc4)c4ccccc4)ccc2O3)CC=C1c1cccc2c1oc1ccccc12. The van der Waals surface area contributed by atoms with Crippen LogP contribution in [-0.4, -0.2) is 6.04 Å². The van der Waals surface area contributed by atoms with Crippen molar-refractivity contribution in [1.82, 2.24) is 0 Å². The first-order valence-electron chi connectivity index (χ1n) is 23.6. The average Bonchev–Trinajstić information content (AvgIpc) is 4.00. The Labute approximate surface area is 398 Å². The molecule has 0 fully saturated rings. The van der Waals surface area contributed by atoms with E-state index in [2.05, 4.69) is 222 Å². The zero-order valence-electron chi connectivity index (χ0n) is 37.4. The van der Waals surface area contributed by atoms with Crippen molar-refractivity contribution in [3.63, 3.8) is 0 Å². The van der Waals surface area contributed by atoms with Gasteiger partial charge in [0, 0.05) is 77.4 Å². The second kappa shape index (κ2) is 15.8. The molecule has 326 valence electrons. The number of hydrogen-bond acceptors (Lipinski definition) is 5. The molecule has 5 heteroatoms. The highest BCUT2D eigenvalue weighted by Crippen LogP contribution is 2.52. The van der Waals surface area contributed by atoms with Gasteiger partial charge < -0.3 is 23.4 Å². The number of furan rings is 2. The molecule has 1 unspecified atom stereocenters. The van der Waals surface area contributed by atoms with Crippen LogP contribution in [0.3, 0.4) is 0 Å². The predicted octanol–water partition coefficient (Wildman–Crippen LogP) is 18.1. The Bertz CT molecular complexity index is 3990. The molecule has 1 aliphatic heterocycles. The topological polar surface area (TPSA) is 42.0 Å². The van der Waals surface area contributed by atoms with E-state index in [1.807, 2.05) is 24.3 Å². The van der Waals surface area contributed by atoms with Gasteiger partial charge in [-0.15, -0.1) is 0 Å². The summed E-state index contributed by atoms with van der Waals surface area (Å²) in [6.07, 6.45) is 7.78. The van der Waals surface area contributed by atoms with Crippen LogP contribution in [0.15, 0.2) is 245 Å². The van der Waals surface area contributed by atoms with Gasteiger partial charge in [0.25, 0.3) is 0 Å². The van der Waals surface area contributed by atoms with Crippen LogP contribution in [0, 0.1) is 0 Å². The van der Waals surface area contributed by atoms with Gasteiger partial charge in [-0.2, -0.15) is 0 Å². The molecule has 0 bridgehead atoms. The Morgan fingerprint density at radius 2 is 0.971 bits per heavy atom. The predicted molar refractivity (Wildman–Crippen MR) is 285 cm³/mol. The van der Waals surface area contributed by atoms with Crippen molar-refractivity contribution in [2.45, 2.75) is 12.5 Å². The van der Waals surface area contributed by atoms with Crippen LogP contribution < -0.4 is 14.5 Å². The molecule has 2 aromatic heterocycles. The highest BCUT2D eigenvalue weighted by atomic mass is 16.5. The molecule has 12 aromatic rings. The number of fused-ring (bicyclic) bond motifs is 8. The molecule has 2 aliphatic rings. The average molecular weight is 887 g/mol. The van der Waals surface area contributed by atoms with Crippen molar-refractivity contribution in [3.8, 4) is 33.8 Å². The Morgan fingerprint density at radius 3 is 1.64 bits per heavy atom. The third-order valence-electron chi connectivity index (χ3n) is 14.0. The summed E-state index contributed by atoms with van der Waals surface area (Å²) >= 11 is 0. The fourth-order valence-corrected chi connectivity index (χ4v) is 10.8. The summed E-state index contributed by atoms with van der Waals surface area (Å²) in [6, 6.07) is 77.2. The number of anilines is 5. The van der Waals surface area contributed by atoms with Crippen LogP contribution in [0.25, 0.3) is 82.5 Å². The maximum atomic E-state index is 6.84. The summed E-state index contributed by atoms with van der Waals surface area (Å²) in [4.78, 5) is 4.80. The molecule has 14 rings (SSSR count). The summed E-state index contributed by atoms with van der Waals surface area (Å²) in [6.45, 7) is 0. The van der Waals surface area contributed by atoms with Crippen molar-refractivity contribution in [2.75, 3.05) is 9.80 Å². The van der Waals surface area contributed by atoms with Crippen molar-refractivity contribution >= 4 is 88.7 Å². The Morgan fingerprint density at radius 1 is 0.406 bits per heavy atom. The van der Waals surface area contributed by atoms with Gasteiger partial charge in [-0.1, -0.05) is 158 Å². The van der Waals surface area contributed by atoms with Crippen LogP contribution in [0.2, 0.25) is 0 Å². The molecule has 69 heavy (non-hydrogen) atoms. The number of benzene rings is 10. The zero-order chi connectivity index (χ0) is 45.4. The number of para-hydroxylation sites is 6. The molecule has 1 atom stereocenters. The second-order valence-corrected chi connectivity index (χ2v) is 17.9. The third-order valence-corrected chi connectivity index (χ3v) is 14.0. The van der Waals surface area contributed by atoms with E-state index in [1.165, 1.54) is 0 Å². The van der Waals surface area contributed by atoms with Crippen LogP contribution in [0.5, 0.6) is 11.5 Å². The zero-order valence-corrected chi connectivity index (χ0v) is 37.4. The quantitative estimate of drug-likeness (QED) is 0.152. The van der Waals surface area contributed by atoms with Gasteiger partial charge in [-0.3, -0.25) is 0 Å². The van der Waals surface area contributed by atoms with Gasteiger partial charge in [0.15, 0.2) is 0 Å². The van der Waals surface area contributed by atoms with Gasteiger partial charge in [0.1, 0.15) is 33.8 Å². The lowest BCUT2D eigenvalue weighted by Crippen LogP contribution is -2.30. The normalized spacial score (nSPS) is 14.0. The summed E-state index contributed by atoms with van der Waals surface area (Å²) < 4.78 is 19.9. The highest BCUT2D eigenvalue weighted by molar-refractivity contribution is 6.12. The maximum absolute atomic E-state index is 6.84. The molecule has 0 amide bonds. The minimum Gasteiger partial charge on any atom is -0.456 e. The Kier molecular flexibility index (Phi) is 8.96. The largest absolute Gasteiger partial charge is 0.456 e. The first-order valence-corrected chi connectivity index (χ1v) is 23.6. The van der Waals surface area contributed by atoms with Crippen molar-refractivity contribution in [3.05, 3.63) is 242 Å². The molecular formula is C64H42N2O3. The molecule has 0 saturated carbocycles. The van der Waals surface area contributed by atoms with E-state index in [0.717, 1.165) is 134 Å². The highest BCUT2D eigenvalue weighted by Gasteiger charge is 2.28. The summed E-state index contributed by atoms with van der Waals surface area (Å²) in [5, 5.41) is 6.73. The number of ether oxygens (including phenoxy) is 1. The monoisotopic (exact) mass is 886 g/mol. The van der Waals surface area contributed by atoms with E-state index in [-0.39, 0.29) is 6.04 Å². The second-order valence-electron chi connectivity index (χ2n) is 17.9. The van der Waals surface area contributed by atoms with E-state index < -0.39 is 0 Å². The molecule has 0 N–H and O–H groups in total. The van der Waals surface area contributed by atoms with Crippen LogP contribution in [0.4, 0.5) is 28.4 Å². The Balaban J connectivity index is 0.894. The fraction of sp³-hybridized carbons (Fsp3) is 0.0312. The van der Waals surface area contributed by atoms with Crippen molar-refractivity contribution < 1.29 is 13.6 Å². The molecule has 0 spiro atoms. The first kappa shape index (κ1) is 39.1. The number of allylic oxidation sites excluding steroid dienone is 2. The smallest absolute Gasteiger partial charge is 0.143 e. The maximum Gasteiger partial charge on any atom is 0.143 e. The van der Waals surface area contributed by atoms with Crippen molar-refractivity contribution in [1.29, 1.82) is 0 Å². The van der Waals surface area contributed by atoms with E-state index >= 15 is 0 Å². The molecule has 0 radical (unpaired) electrons. The lowest BCUT2D eigenvalue weighted by Gasteiger charge is -2.35. The minimum absolute atomic E-state index is 0.000890. The summed E-state index contributed by atoms with van der Waals surface area (Å²) in [5.41, 5.74) is 15.7. The summed E-state index contributed by atoms with van der Waals surface area (Å²) in [5.74, 6) is 1.69. The minimum atomic E-state index is -0.000890. The van der Waals surface area contributed by atoms with E-state index in [0.29, 0.717) is 0 Å². The van der Waals surface area contributed by atoms with Crippen LogP contribution >= 0.6 is 0 Å². The van der Waals surface area contributed by atoms with E-state index in [9.17, 15) is 0 Å². The molecule has 1 aliphatic carbocycles. The van der Waals surface area contributed by atoms with Gasteiger partial charge in [0.05, 0.1) is 6.04 Å². The van der Waals surface area contributed by atoms with E-state index in [1.54, 1.807) is 0 Å². The van der Waals surface area contributed by atoms with Gasteiger partial charge >= 0.3 is 0 Å². The standard InChI is InChI=1S/C64H42N2O3/c1-3-14-43(15-4-1)65(44-16-5-2-6-17-44)47-36-38-60-56(40-47)52-22-13-25-55-57(37-39-61(67-60)62(52)55)66(45-32-28-41(29-33-45)48-20-11-23-53-50-18-7-9-26-58(50)68-63(48)53)46-34-30-42(31-35-46)49-21-12-24-54-51-19-8-10-27-59(51)69-64(49)54/h1-34,36-40,46H,35H2. The lowest BCUT2D eigenvalue weighted by molar-refractivity contribution is 0.487. The number of nitrogens with zero attached hydrogens (tertiary/aromatic N) is 2. The fourth-order valence-electron chi connectivity index (χ4n) is 10.8. The number of rotatable bonds is 8. The Hall–Kier alpha value is -9.06. The lowest BCUT2D eigenvalue weighted by atomic mass is 9.91. The molecule has 3 heterocycles. The molecule has 10 aromatic carbocycles. The van der Waals surface area contributed by atoms with Crippen LogP contribution in [0.1, 0.15) is 12.0 Å². The van der Waals surface area contributed by atoms with Gasteiger partial charge in [-0.05, 0) is 102 Å². The third kappa shape index (κ3) is 6.39. The van der Waals surface area contributed by atoms with E-state index in [4.69, 9.17) is 13.6 Å². The molecule has 5 nitrogen and oxygen atoms in total. The van der Waals surface area contributed by atoms with Crippen LogP contribution in [-0.2, 0) is 0 Å². The molecular weight excluding hydrogens is 845 g/mol. The number of hydrogen-bond donors (Lipinski definition) is 0. The van der Waals surface area contributed by atoms with Gasteiger partial charge in [0.2, 0.25) is 0 Å².